The van der Waals surface area contributed by atoms with Gasteiger partial charge in [0.15, 0.2) is 0 Å². The largest absolute Gasteiger partial charge is 0.356 e. The highest BCUT2D eigenvalue weighted by Crippen LogP contribution is 2.46. The number of anilines is 1. The van der Waals surface area contributed by atoms with E-state index in [4.69, 9.17) is 0 Å². The maximum Gasteiger partial charge on any atom is 0.131 e. The average molecular weight is 188 g/mol. The van der Waals surface area contributed by atoms with Gasteiger partial charge >= 0.3 is 0 Å². The predicted octanol–water partition coefficient (Wildman–Crippen LogP) is 2.15. The van der Waals surface area contributed by atoms with Gasteiger partial charge in [-0.3, -0.25) is 0 Å². The van der Waals surface area contributed by atoms with Crippen LogP contribution in [0.1, 0.15) is 17.7 Å². The van der Waals surface area contributed by atoms with E-state index in [-0.39, 0.29) is 0 Å². The third-order valence-electron chi connectivity index (χ3n) is 3.49. The van der Waals surface area contributed by atoms with E-state index in [1.165, 1.54) is 30.9 Å². The summed E-state index contributed by atoms with van der Waals surface area (Å²) in [6.45, 7) is 6.70. The molecule has 2 unspecified atom stereocenters. The summed E-state index contributed by atoms with van der Waals surface area (Å²) < 4.78 is 0. The lowest BCUT2D eigenvalue weighted by Crippen LogP contribution is -2.23. The lowest BCUT2D eigenvalue weighted by molar-refractivity contribution is 0.799. The summed E-state index contributed by atoms with van der Waals surface area (Å²) in [5.41, 5.74) is 2.45. The van der Waals surface area contributed by atoms with Gasteiger partial charge < -0.3 is 4.90 Å². The van der Waals surface area contributed by atoms with Crippen molar-refractivity contribution in [1.82, 2.24) is 4.98 Å². The second kappa shape index (κ2) is 2.72. The van der Waals surface area contributed by atoms with Gasteiger partial charge in [-0.05, 0) is 43.7 Å². The van der Waals surface area contributed by atoms with Crippen LogP contribution >= 0.6 is 0 Å². The Balaban J connectivity index is 1.91. The topological polar surface area (TPSA) is 16.1 Å². The number of fused-ring (bicyclic) bond motifs is 1. The maximum absolute atomic E-state index is 4.64. The zero-order chi connectivity index (χ0) is 9.71. The van der Waals surface area contributed by atoms with Gasteiger partial charge in [0.1, 0.15) is 5.82 Å². The van der Waals surface area contributed by atoms with Crippen molar-refractivity contribution < 1.29 is 0 Å². The van der Waals surface area contributed by atoms with Crippen LogP contribution in [0.4, 0.5) is 5.82 Å². The molecule has 1 aliphatic carbocycles. The van der Waals surface area contributed by atoms with Crippen molar-refractivity contribution in [3.8, 4) is 0 Å². The Labute approximate surface area is 85.0 Å². The summed E-state index contributed by atoms with van der Waals surface area (Å²) in [6.07, 6.45) is 1.46. The lowest BCUT2D eigenvalue weighted by Gasteiger charge is -2.21. The molecule has 1 aromatic heterocycles. The fraction of sp³-hybridized carbons (Fsp3) is 0.583. The summed E-state index contributed by atoms with van der Waals surface area (Å²) >= 11 is 0. The van der Waals surface area contributed by atoms with Crippen LogP contribution in [0.5, 0.6) is 0 Å². The summed E-state index contributed by atoms with van der Waals surface area (Å²) in [6, 6.07) is 4.28. The van der Waals surface area contributed by atoms with E-state index in [2.05, 4.69) is 35.9 Å². The van der Waals surface area contributed by atoms with Crippen LogP contribution in [0.15, 0.2) is 12.1 Å². The van der Waals surface area contributed by atoms with E-state index in [0.29, 0.717) is 0 Å². The molecule has 1 saturated heterocycles. The van der Waals surface area contributed by atoms with Gasteiger partial charge in [0.2, 0.25) is 0 Å². The molecule has 2 atom stereocenters. The van der Waals surface area contributed by atoms with Crippen molar-refractivity contribution in [2.24, 2.45) is 11.8 Å². The van der Waals surface area contributed by atoms with E-state index in [0.717, 1.165) is 17.5 Å². The predicted molar refractivity (Wildman–Crippen MR) is 57.5 cm³/mol. The van der Waals surface area contributed by atoms with Crippen molar-refractivity contribution in [3.63, 3.8) is 0 Å². The molecular weight excluding hydrogens is 172 g/mol. The molecule has 0 radical (unpaired) electrons. The summed E-state index contributed by atoms with van der Waals surface area (Å²) in [5.74, 6) is 3.19. The first-order valence-corrected chi connectivity index (χ1v) is 5.43. The van der Waals surface area contributed by atoms with Crippen LogP contribution in [0.2, 0.25) is 0 Å². The molecule has 0 bridgehead atoms. The molecule has 2 nitrogen and oxygen atoms in total. The second-order valence-electron chi connectivity index (χ2n) is 4.75. The third kappa shape index (κ3) is 1.21. The molecule has 1 saturated carbocycles. The smallest absolute Gasteiger partial charge is 0.131 e. The van der Waals surface area contributed by atoms with E-state index >= 15 is 0 Å². The standard InChI is InChI=1S/C12H16N2/c1-8-3-4-9(2)13-12(8)14-6-10-5-11(10)7-14/h3-4,10-11H,5-7H2,1-2H3. The highest BCUT2D eigenvalue weighted by molar-refractivity contribution is 5.49. The van der Waals surface area contributed by atoms with Crippen LogP contribution < -0.4 is 4.90 Å². The first kappa shape index (κ1) is 8.27. The Hall–Kier alpha value is -1.05. The fourth-order valence-electron chi connectivity index (χ4n) is 2.50. The molecule has 1 aromatic rings. The van der Waals surface area contributed by atoms with Crippen molar-refractivity contribution >= 4 is 5.82 Å². The number of aryl methyl sites for hydroxylation is 2. The van der Waals surface area contributed by atoms with Crippen LogP contribution in [0.25, 0.3) is 0 Å². The molecule has 0 aromatic carbocycles. The number of hydrogen-bond acceptors (Lipinski definition) is 2. The van der Waals surface area contributed by atoms with Gasteiger partial charge in [-0.1, -0.05) is 6.07 Å². The fourth-order valence-corrected chi connectivity index (χ4v) is 2.50. The number of rotatable bonds is 1. The minimum atomic E-state index is 0.983. The first-order valence-electron chi connectivity index (χ1n) is 5.43. The van der Waals surface area contributed by atoms with Crippen LogP contribution in [0.3, 0.4) is 0 Å². The number of pyridine rings is 1. The molecule has 0 amide bonds. The molecule has 2 fully saturated rings. The van der Waals surface area contributed by atoms with Gasteiger partial charge in [-0.2, -0.15) is 0 Å². The normalized spacial score (nSPS) is 29.1. The van der Waals surface area contributed by atoms with Crippen molar-refractivity contribution in [2.75, 3.05) is 18.0 Å². The van der Waals surface area contributed by atoms with E-state index < -0.39 is 0 Å². The van der Waals surface area contributed by atoms with E-state index in [9.17, 15) is 0 Å². The van der Waals surface area contributed by atoms with E-state index in [1.807, 2.05) is 0 Å². The number of hydrogen-bond donors (Lipinski definition) is 0. The average Bonchev–Trinajstić information content (AvgIpc) is 2.78. The zero-order valence-electron chi connectivity index (χ0n) is 8.83. The molecule has 2 aliphatic rings. The Bertz CT molecular complexity index is 363. The quantitative estimate of drug-likeness (QED) is 0.671. The number of piperidine rings is 1. The SMILES string of the molecule is Cc1ccc(C)c(N2CC3CC3C2)n1. The monoisotopic (exact) mass is 188 g/mol. The summed E-state index contributed by atoms with van der Waals surface area (Å²) in [5, 5.41) is 0. The molecule has 3 rings (SSSR count). The number of nitrogens with zero attached hydrogens (tertiary/aromatic N) is 2. The van der Waals surface area contributed by atoms with Gasteiger partial charge in [-0.25, -0.2) is 4.98 Å². The summed E-state index contributed by atoms with van der Waals surface area (Å²) in [4.78, 5) is 7.10. The first-order chi connectivity index (χ1) is 6.74. The second-order valence-corrected chi connectivity index (χ2v) is 4.75. The van der Waals surface area contributed by atoms with Gasteiger partial charge in [-0.15, -0.1) is 0 Å². The van der Waals surface area contributed by atoms with Crippen LogP contribution in [0, 0.1) is 25.7 Å². The molecule has 74 valence electrons. The molecule has 1 aliphatic heterocycles. The van der Waals surface area contributed by atoms with Crippen LogP contribution in [-0.4, -0.2) is 18.1 Å². The molecular formula is C12H16N2. The van der Waals surface area contributed by atoms with Crippen molar-refractivity contribution in [2.45, 2.75) is 20.3 Å². The van der Waals surface area contributed by atoms with Crippen molar-refractivity contribution in [1.29, 1.82) is 0 Å². The summed E-state index contributed by atoms with van der Waals surface area (Å²) in [7, 11) is 0. The Morgan fingerprint density at radius 1 is 1.21 bits per heavy atom. The minimum Gasteiger partial charge on any atom is -0.356 e. The van der Waals surface area contributed by atoms with Crippen LogP contribution in [-0.2, 0) is 0 Å². The minimum absolute atomic E-state index is 0.983. The van der Waals surface area contributed by atoms with Crippen molar-refractivity contribution in [3.05, 3.63) is 23.4 Å². The zero-order valence-corrected chi connectivity index (χ0v) is 8.83. The lowest BCUT2D eigenvalue weighted by atomic mass is 10.2. The van der Waals surface area contributed by atoms with E-state index in [1.54, 1.807) is 0 Å². The molecule has 2 heteroatoms. The highest BCUT2D eigenvalue weighted by Gasteiger charge is 2.45. The molecule has 14 heavy (non-hydrogen) atoms. The van der Waals surface area contributed by atoms with Gasteiger partial charge in [0.25, 0.3) is 0 Å². The Morgan fingerprint density at radius 3 is 2.64 bits per heavy atom. The Kier molecular flexibility index (Phi) is 1.61. The Morgan fingerprint density at radius 2 is 1.93 bits per heavy atom. The number of aromatic nitrogens is 1. The van der Waals surface area contributed by atoms with Gasteiger partial charge in [0, 0.05) is 18.8 Å². The third-order valence-corrected chi connectivity index (χ3v) is 3.49. The molecule has 0 N–H and O–H groups in total. The highest BCUT2D eigenvalue weighted by atomic mass is 15.2. The maximum atomic E-state index is 4.64. The van der Waals surface area contributed by atoms with Gasteiger partial charge in [0.05, 0.1) is 0 Å². The molecule has 0 spiro atoms. The molecule has 2 heterocycles.